The van der Waals surface area contributed by atoms with Crippen molar-refractivity contribution < 1.29 is 14.7 Å². The van der Waals surface area contributed by atoms with Crippen LogP contribution in [-0.2, 0) is 9.59 Å². The van der Waals surface area contributed by atoms with E-state index in [4.69, 9.17) is 9.97 Å². The van der Waals surface area contributed by atoms with Crippen LogP contribution in [-0.4, -0.2) is 69.0 Å². The molecule has 256 valence electrons. The summed E-state index contributed by atoms with van der Waals surface area (Å²) in [6, 6.07) is 8.12. The van der Waals surface area contributed by atoms with Crippen LogP contribution in [0.4, 0.5) is 0 Å². The third kappa shape index (κ3) is 7.67. The summed E-state index contributed by atoms with van der Waals surface area (Å²) in [7, 11) is 4.10. The van der Waals surface area contributed by atoms with E-state index < -0.39 is 5.97 Å². The molecule has 1 amide bonds. The summed E-state index contributed by atoms with van der Waals surface area (Å²) in [5.41, 5.74) is 14.5. The van der Waals surface area contributed by atoms with Crippen molar-refractivity contribution in [3.05, 3.63) is 82.5 Å². The number of carboxylic acid groups (broad SMARTS) is 1. The van der Waals surface area contributed by atoms with Crippen molar-refractivity contribution >= 4 is 68.4 Å². The highest BCUT2D eigenvalue weighted by molar-refractivity contribution is 5.97. The molecule has 5 heterocycles. The number of aliphatic carboxylic acids is 1. The van der Waals surface area contributed by atoms with E-state index in [1.54, 1.807) is 0 Å². The molecule has 0 saturated heterocycles. The molecule has 0 fully saturated rings. The molecule has 2 aliphatic heterocycles. The van der Waals surface area contributed by atoms with Gasteiger partial charge in [-0.25, -0.2) is 9.97 Å². The molecule has 3 aromatic rings. The van der Waals surface area contributed by atoms with Gasteiger partial charge >= 0.3 is 5.97 Å². The summed E-state index contributed by atoms with van der Waals surface area (Å²) in [4.78, 5) is 44.1. The van der Waals surface area contributed by atoms with E-state index in [1.807, 2.05) is 38.1 Å². The van der Waals surface area contributed by atoms with Gasteiger partial charge in [0.2, 0.25) is 5.91 Å². The lowest BCUT2D eigenvalue weighted by Crippen LogP contribution is -2.25. The molecule has 0 spiro atoms. The Hall–Kier alpha value is -5.02. The molecule has 4 N–H and O–H groups in total. The molecule has 0 aromatic carbocycles. The Morgan fingerprint density at radius 1 is 0.755 bits per heavy atom. The Labute approximate surface area is 288 Å². The van der Waals surface area contributed by atoms with Crippen LogP contribution in [0, 0.1) is 13.8 Å². The van der Waals surface area contributed by atoms with Crippen molar-refractivity contribution in [2.75, 3.05) is 27.2 Å². The zero-order valence-corrected chi connectivity index (χ0v) is 29.6. The Bertz CT molecular complexity index is 2060. The number of fused-ring (bicyclic) bond motifs is 8. The van der Waals surface area contributed by atoms with Crippen LogP contribution in [0.3, 0.4) is 0 Å². The number of nitrogens with zero attached hydrogens (tertiary/aromatic N) is 3. The lowest BCUT2D eigenvalue weighted by Gasteiger charge is -2.10. The zero-order valence-electron chi connectivity index (χ0n) is 29.6. The molecule has 2 aliphatic rings. The number of aromatic nitrogens is 4. The predicted octanol–water partition coefficient (Wildman–Crippen LogP) is 8.18. The van der Waals surface area contributed by atoms with Crippen LogP contribution in [0.25, 0.3) is 56.5 Å². The molecular weight excluding hydrogens is 612 g/mol. The number of carbonyl (C=O) groups is 2. The van der Waals surface area contributed by atoms with Gasteiger partial charge in [0.05, 0.1) is 22.8 Å². The third-order valence-corrected chi connectivity index (χ3v) is 9.59. The van der Waals surface area contributed by atoms with Gasteiger partial charge in [-0.2, -0.15) is 0 Å². The molecule has 8 bridgehead atoms. The van der Waals surface area contributed by atoms with Crippen LogP contribution in [0.1, 0.15) is 97.4 Å². The van der Waals surface area contributed by atoms with Gasteiger partial charge in [-0.3, -0.25) is 9.59 Å². The topological polar surface area (TPSA) is 127 Å². The molecule has 0 atom stereocenters. The van der Waals surface area contributed by atoms with Crippen molar-refractivity contribution in [3.63, 3.8) is 0 Å². The van der Waals surface area contributed by atoms with Crippen molar-refractivity contribution in [3.8, 4) is 0 Å². The molecule has 0 unspecified atom stereocenters. The number of rotatable bonds is 13. The molecule has 9 nitrogen and oxygen atoms in total. The van der Waals surface area contributed by atoms with E-state index in [-0.39, 0.29) is 12.3 Å². The Morgan fingerprint density at radius 3 is 1.80 bits per heavy atom. The normalized spacial score (nSPS) is 13.0. The van der Waals surface area contributed by atoms with Crippen LogP contribution >= 0.6 is 0 Å². The minimum Gasteiger partial charge on any atom is -0.481 e. The summed E-state index contributed by atoms with van der Waals surface area (Å²) in [5, 5.41) is 12.7. The second-order valence-corrected chi connectivity index (χ2v) is 13.2. The third-order valence-electron chi connectivity index (χ3n) is 9.59. The Balaban J connectivity index is 1.69. The average molecular weight is 661 g/mol. The highest BCUT2D eigenvalue weighted by Gasteiger charge is 2.23. The van der Waals surface area contributed by atoms with Gasteiger partial charge in [0, 0.05) is 52.6 Å². The fourth-order valence-electron chi connectivity index (χ4n) is 6.64. The number of carbonyl (C=O) groups excluding carboxylic acids is 1. The van der Waals surface area contributed by atoms with Gasteiger partial charge in [-0.05, 0) is 132 Å². The molecule has 0 saturated carbocycles. The van der Waals surface area contributed by atoms with Crippen LogP contribution in [0.5, 0.6) is 0 Å². The fraction of sp³-hybridized carbons (Fsp3) is 0.350. The predicted molar refractivity (Wildman–Crippen MR) is 203 cm³/mol. The van der Waals surface area contributed by atoms with Crippen molar-refractivity contribution in [1.82, 2.24) is 30.2 Å². The molecule has 0 radical (unpaired) electrons. The molecule has 5 rings (SSSR count). The van der Waals surface area contributed by atoms with E-state index in [9.17, 15) is 14.7 Å². The van der Waals surface area contributed by atoms with Gasteiger partial charge in [0.15, 0.2) is 0 Å². The summed E-state index contributed by atoms with van der Waals surface area (Å²) >= 11 is 0. The van der Waals surface area contributed by atoms with Crippen molar-refractivity contribution in [2.45, 2.75) is 66.2 Å². The summed E-state index contributed by atoms with van der Waals surface area (Å²) in [6.07, 6.45) is 6.84. The monoisotopic (exact) mass is 660 g/mol. The van der Waals surface area contributed by atoms with E-state index in [0.717, 1.165) is 103 Å². The van der Waals surface area contributed by atoms with Crippen LogP contribution in [0.15, 0.2) is 37.4 Å². The lowest BCUT2D eigenvalue weighted by molar-refractivity contribution is -0.136. The van der Waals surface area contributed by atoms with Gasteiger partial charge in [0.1, 0.15) is 0 Å². The van der Waals surface area contributed by atoms with Gasteiger partial charge in [-0.15, -0.1) is 0 Å². The van der Waals surface area contributed by atoms with Crippen LogP contribution in [0.2, 0.25) is 0 Å². The minimum absolute atomic E-state index is 0.0103. The highest BCUT2D eigenvalue weighted by Crippen LogP contribution is 2.38. The molecule has 0 aliphatic carbocycles. The zero-order chi connectivity index (χ0) is 35.4. The maximum absolute atomic E-state index is 12.9. The average Bonchev–Trinajstić information content (AvgIpc) is 3.71. The molecule has 9 heteroatoms. The lowest BCUT2D eigenvalue weighted by atomic mass is 9.98. The maximum Gasteiger partial charge on any atom is 0.303 e. The first-order valence-corrected chi connectivity index (χ1v) is 17.0. The Morgan fingerprint density at radius 2 is 1.27 bits per heavy atom. The van der Waals surface area contributed by atoms with Crippen molar-refractivity contribution in [1.29, 1.82) is 0 Å². The number of aromatic amines is 2. The summed E-state index contributed by atoms with van der Waals surface area (Å²) in [6.45, 7) is 18.0. The SMILES string of the molecule is C=Cc1c(C)c2cc3[nH]c(cc4nc(cc5nc(cc1[nH]2)C(C)=C5CCC(=O)O)C(CCC(=O)NCCCCN(C)C)=C4C)c(C)c3C=C. The molecule has 49 heavy (non-hydrogen) atoms. The largest absolute Gasteiger partial charge is 0.481 e. The van der Waals surface area contributed by atoms with Gasteiger partial charge < -0.3 is 25.3 Å². The smallest absolute Gasteiger partial charge is 0.303 e. The van der Waals surface area contributed by atoms with Gasteiger partial charge in [-0.1, -0.05) is 25.3 Å². The minimum atomic E-state index is -0.864. The van der Waals surface area contributed by atoms with E-state index >= 15 is 0 Å². The first-order chi connectivity index (χ1) is 23.4. The number of amides is 1. The van der Waals surface area contributed by atoms with E-state index in [1.165, 1.54) is 0 Å². The first kappa shape index (κ1) is 35.3. The number of unbranched alkanes of at least 4 members (excludes halogenated alkanes) is 1. The van der Waals surface area contributed by atoms with E-state index in [2.05, 4.69) is 73.4 Å². The first-order valence-electron chi connectivity index (χ1n) is 17.0. The van der Waals surface area contributed by atoms with Crippen LogP contribution < -0.4 is 5.32 Å². The standard InChI is InChI=1S/C40H48N6O3/c1-9-27-23(3)31-19-32-25(5)29(13-15-39(47)41-17-11-12-18-46(7)8)37(44-32)22-38-30(14-16-40(48)49)26(6)34(45-38)21-36-28(10-2)24(4)33(43-36)20-35(27)42-31/h9-10,19-22,42-43H,1-2,11-18H2,3-8H3,(H,41,47)(H,48,49). The fourth-order valence-corrected chi connectivity index (χ4v) is 6.64. The van der Waals surface area contributed by atoms with Crippen molar-refractivity contribution in [2.24, 2.45) is 0 Å². The summed E-state index contributed by atoms with van der Waals surface area (Å²) < 4.78 is 0. The number of hydrogen-bond donors (Lipinski definition) is 4. The number of H-pyrrole nitrogens is 2. The number of allylic oxidation sites excluding steroid dienone is 4. The second kappa shape index (κ2) is 15.0. The highest BCUT2D eigenvalue weighted by atomic mass is 16.4. The quantitative estimate of drug-likeness (QED) is 0.137. The Kier molecular flexibility index (Phi) is 10.8. The number of hydrogen-bond acceptors (Lipinski definition) is 5. The number of aryl methyl sites for hydroxylation is 2. The maximum atomic E-state index is 12.9. The molecule has 3 aromatic heterocycles. The van der Waals surface area contributed by atoms with E-state index in [0.29, 0.717) is 31.5 Å². The number of nitrogens with one attached hydrogen (secondary N) is 3. The summed E-state index contributed by atoms with van der Waals surface area (Å²) in [5.74, 6) is -0.854. The van der Waals surface area contributed by atoms with Gasteiger partial charge in [0.25, 0.3) is 0 Å². The second-order valence-electron chi connectivity index (χ2n) is 13.2. The number of carboxylic acids is 1. The molecular formula is C40H48N6O3.